The maximum absolute atomic E-state index is 5.92. The zero-order valence-electron chi connectivity index (χ0n) is 11.4. The van der Waals surface area contributed by atoms with Crippen LogP contribution in [0.25, 0.3) is 11.0 Å². The lowest BCUT2D eigenvalue weighted by molar-refractivity contribution is 0.544. The molecule has 1 heterocycles. The van der Waals surface area contributed by atoms with Gasteiger partial charge in [0.05, 0.1) is 11.0 Å². The van der Waals surface area contributed by atoms with Gasteiger partial charge in [0, 0.05) is 19.0 Å². The molecule has 0 saturated carbocycles. The van der Waals surface area contributed by atoms with Gasteiger partial charge in [0.25, 0.3) is 0 Å². The Kier molecular flexibility index (Phi) is 4.37. The van der Waals surface area contributed by atoms with Gasteiger partial charge in [0.1, 0.15) is 5.82 Å². The van der Waals surface area contributed by atoms with Crippen LogP contribution in [-0.4, -0.2) is 16.1 Å². The molecule has 2 N–H and O–H groups in total. The molecular formula is C15H23N3. The number of para-hydroxylation sites is 2. The van der Waals surface area contributed by atoms with E-state index in [4.69, 9.17) is 10.7 Å². The van der Waals surface area contributed by atoms with Gasteiger partial charge < -0.3 is 10.3 Å². The normalized spacial score (nSPS) is 13.1. The van der Waals surface area contributed by atoms with E-state index in [0.717, 1.165) is 31.3 Å². The average Bonchev–Trinajstić information content (AvgIpc) is 2.76. The summed E-state index contributed by atoms with van der Waals surface area (Å²) in [6.07, 6.45) is 3.39. The standard InChI is InChI=1S/C15H23N3/c1-3-7-12(11-16)15-17-13-8-5-6-9-14(13)18(15)10-4-2/h5-6,8-9,12H,3-4,7,10-11,16H2,1-2H3. The highest BCUT2D eigenvalue weighted by molar-refractivity contribution is 5.76. The second-order valence-electron chi connectivity index (χ2n) is 4.83. The number of aromatic nitrogens is 2. The van der Waals surface area contributed by atoms with E-state index in [1.165, 1.54) is 11.3 Å². The first-order valence-electron chi connectivity index (χ1n) is 6.97. The summed E-state index contributed by atoms with van der Waals surface area (Å²) in [4.78, 5) is 4.80. The van der Waals surface area contributed by atoms with Crippen molar-refractivity contribution in [3.05, 3.63) is 30.1 Å². The summed E-state index contributed by atoms with van der Waals surface area (Å²) < 4.78 is 2.35. The number of imidazole rings is 1. The number of benzene rings is 1. The third-order valence-corrected chi connectivity index (χ3v) is 3.42. The van der Waals surface area contributed by atoms with Gasteiger partial charge in [0.15, 0.2) is 0 Å². The summed E-state index contributed by atoms with van der Waals surface area (Å²) in [7, 11) is 0. The minimum absolute atomic E-state index is 0.383. The number of hydrogen-bond acceptors (Lipinski definition) is 2. The zero-order chi connectivity index (χ0) is 13.0. The smallest absolute Gasteiger partial charge is 0.114 e. The molecule has 98 valence electrons. The van der Waals surface area contributed by atoms with Gasteiger partial charge in [0.2, 0.25) is 0 Å². The Bertz CT molecular complexity index is 501. The van der Waals surface area contributed by atoms with Crippen molar-refractivity contribution < 1.29 is 0 Å². The van der Waals surface area contributed by atoms with E-state index < -0.39 is 0 Å². The van der Waals surface area contributed by atoms with Crippen LogP contribution < -0.4 is 5.73 Å². The van der Waals surface area contributed by atoms with Crippen molar-refractivity contribution in [2.75, 3.05) is 6.54 Å². The Hall–Kier alpha value is -1.35. The number of rotatable bonds is 6. The number of nitrogens with zero attached hydrogens (tertiary/aromatic N) is 2. The number of hydrogen-bond donors (Lipinski definition) is 1. The molecule has 0 spiro atoms. The topological polar surface area (TPSA) is 43.8 Å². The van der Waals surface area contributed by atoms with Gasteiger partial charge >= 0.3 is 0 Å². The maximum Gasteiger partial charge on any atom is 0.114 e. The van der Waals surface area contributed by atoms with Gasteiger partial charge in [-0.05, 0) is 25.0 Å². The molecule has 1 atom stereocenters. The lowest BCUT2D eigenvalue weighted by atomic mass is 10.0. The van der Waals surface area contributed by atoms with Crippen molar-refractivity contribution in [3.63, 3.8) is 0 Å². The Morgan fingerprint density at radius 2 is 2.00 bits per heavy atom. The number of nitrogens with two attached hydrogens (primary N) is 1. The van der Waals surface area contributed by atoms with Crippen LogP contribution in [0.4, 0.5) is 0 Å². The molecule has 0 bridgehead atoms. The van der Waals surface area contributed by atoms with Gasteiger partial charge in [-0.3, -0.25) is 0 Å². The van der Waals surface area contributed by atoms with Crippen LogP contribution in [0.5, 0.6) is 0 Å². The minimum Gasteiger partial charge on any atom is -0.330 e. The van der Waals surface area contributed by atoms with Crippen molar-refractivity contribution in [2.24, 2.45) is 5.73 Å². The second-order valence-corrected chi connectivity index (χ2v) is 4.83. The molecule has 0 fully saturated rings. The quantitative estimate of drug-likeness (QED) is 0.848. The van der Waals surface area contributed by atoms with Crippen molar-refractivity contribution >= 4 is 11.0 Å². The first kappa shape index (κ1) is 13.1. The molecule has 0 amide bonds. The lowest BCUT2D eigenvalue weighted by Crippen LogP contribution is -2.17. The lowest BCUT2D eigenvalue weighted by Gasteiger charge is -2.15. The molecule has 3 nitrogen and oxygen atoms in total. The van der Waals surface area contributed by atoms with E-state index in [1.54, 1.807) is 0 Å². The van der Waals surface area contributed by atoms with Crippen LogP contribution in [0.15, 0.2) is 24.3 Å². The Balaban J connectivity index is 2.50. The Labute approximate surface area is 109 Å². The molecule has 0 aliphatic heterocycles. The van der Waals surface area contributed by atoms with Gasteiger partial charge in [-0.25, -0.2) is 4.98 Å². The predicted molar refractivity (Wildman–Crippen MR) is 76.7 cm³/mol. The van der Waals surface area contributed by atoms with Crippen LogP contribution >= 0.6 is 0 Å². The SMILES string of the molecule is CCCC(CN)c1nc2ccccc2n1CCC. The summed E-state index contributed by atoms with van der Waals surface area (Å²) in [6.45, 7) is 6.11. The van der Waals surface area contributed by atoms with Gasteiger partial charge in [-0.15, -0.1) is 0 Å². The fourth-order valence-electron chi connectivity index (χ4n) is 2.57. The maximum atomic E-state index is 5.92. The molecule has 1 unspecified atom stereocenters. The molecule has 1 aromatic heterocycles. The molecule has 3 heteroatoms. The van der Waals surface area contributed by atoms with E-state index in [9.17, 15) is 0 Å². The van der Waals surface area contributed by atoms with E-state index in [1.807, 2.05) is 6.07 Å². The van der Waals surface area contributed by atoms with Gasteiger partial charge in [-0.1, -0.05) is 32.4 Å². The van der Waals surface area contributed by atoms with Crippen molar-refractivity contribution in [1.29, 1.82) is 0 Å². The van der Waals surface area contributed by atoms with E-state index >= 15 is 0 Å². The molecule has 2 rings (SSSR count). The molecule has 2 aromatic rings. The number of fused-ring (bicyclic) bond motifs is 1. The van der Waals surface area contributed by atoms with Crippen molar-refractivity contribution in [2.45, 2.75) is 45.6 Å². The van der Waals surface area contributed by atoms with Crippen LogP contribution in [-0.2, 0) is 6.54 Å². The first-order valence-corrected chi connectivity index (χ1v) is 6.97. The van der Waals surface area contributed by atoms with E-state index in [0.29, 0.717) is 12.5 Å². The Morgan fingerprint density at radius 1 is 1.22 bits per heavy atom. The molecule has 0 aliphatic rings. The summed E-state index contributed by atoms with van der Waals surface area (Å²) in [5.74, 6) is 1.55. The number of aryl methyl sites for hydroxylation is 1. The predicted octanol–water partition coefficient (Wildman–Crippen LogP) is 3.29. The molecule has 0 radical (unpaired) electrons. The van der Waals surface area contributed by atoms with E-state index in [2.05, 4.69) is 36.6 Å². The monoisotopic (exact) mass is 245 g/mol. The molecule has 0 saturated heterocycles. The fraction of sp³-hybridized carbons (Fsp3) is 0.533. The Morgan fingerprint density at radius 3 is 2.67 bits per heavy atom. The van der Waals surface area contributed by atoms with Crippen LogP contribution in [0.1, 0.15) is 44.9 Å². The largest absolute Gasteiger partial charge is 0.330 e. The molecular weight excluding hydrogens is 222 g/mol. The third kappa shape index (κ3) is 2.41. The second kappa shape index (κ2) is 6.01. The highest BCUT2D eigenvalue weighted by Gasteiger charge is 2.17. The summed E-state index contributed by atoms with van der Waals surface area (Å²) in [6, 6.07) is 8.37. The summed E-state index contributed by atoms with van der Waals surface area (Å²) >= 11 is 0. The van der Waals surface area contributed by atoms with Crippen LogP contribution in [0.2, 0.25) is 0 Å². The third-order valence-electron chi connectivity index (χ3n) is 3.42. The van der Waals surface area contributed by atoms with Crippen LogP contribution in [0, 0.1) is 0 Å². The molecule has 0 aliphatic carbocycles. The first-order chi connectivity index (χ1) is 8.81. The van der Waals surface area contributed by atoms with Crippen molar-refractivity contribution in [1.82, 2.24) is 9.55 Å². The zero-order valence-corrected chi connectivity index (χ0v) is 11.4. The van der Waals surface area contributed by atoms with Crippen molar-refractivity contribution in [3.8, 4) is 0 Å². The van der Waals surface area contributed by atoms with Crippen LogP contribution in [0.3, 0.4) is 0 Å². The highest BCUT2D eigenvalue weighted by Crippen LogP contribution is 2.25. The summed E-state index contributed by atoms with van der Waals surface area (Å²) in [5.41, 5.74) is 8.26. The molecule has 1 aromatic carbocycles. The molecule has 18 heavy (non-hydrogen) atoms. The summed E-state index contributed by atoms with van der Waals surface area (Å²) in [5, 5.41) is 0. The van der Waals surface area contributed by atoms with E-state index in [-0.39, 0.29) is 0 Å². The minimum atomic E-state index is 0.383. The fourth-order valence-corrected chi connectivity index (χ4v) is 2.57. The van der Waals surface area contributed by atoms with Gasteiger partial charge in [-0.2, -0.15) is 0 Å². The highest BCUT2D eigenvalue weighted by atomic mass is 15.1. The average molecular weight is 245 g/mol.